The van der Waals surface area contributed by atoms with E-state index in [9.17, 15) is 5.11 Å². The van der Waals surface area contributed by atoms with Crippen molar-refractivity contribution in [1.29, 1.82) is 0 Å². The summed E-state index contributed by atoms with van der Waals surface area (Å²) >= 11 is 0. The highest BCUT2D eigenvalue weighted by molar-refractivity contribution is 5.29. The van der Waals surface area contributed by atoms with Gasteiger partial charge in [-0.3, -0.25) is 0 Å². The van der Waals surface area contributed by atoms with Gasteiger partial charge in [0.05, 0.1) is 0 Å². The summed E-state index contributed by atoms with van der Waals surface area (Å²) in [6.45, 7) is 2.12. The third kappa shape index (κ3) is 1.95. The van der Waals surface area contributed by atoms with Crippen molar-refractivity contribution in [2.45, 2.75) is 38.8 Å². The zero-order valence-corrected chi connectivity index (χ0v) is 10.6. The molecule has 2 aromatic rings. The van der Waals surface area contributed by atoms with Crippen molar-refractivity contribution in [3.8, 4) is 0 Å². The Morgan fingerprint density at radius 3 is 3.06 bits per heavy atom. The molecule has 1 aromatic carbocycles. The molecule has 0 saturated heterocycles. The molecular weight excluding hydrogens is 224 g/mol. The van der Waals surface area contributed by atoms with Gasteiger partial charge in [-0.05, 0) is 37.3 Å². The van der Waals surface area contributed by atoms with E-state index < -0.39 is 6.23 Å². The third-order valence-corrected chi connectivity index (χ3v) is 3.75. The fourth-order valence-electron chi connectivity index (χ4n) is 2.69. The smallest absolute Gasteiger partial charge is 0.132 e. The molecule has 3 nitrogen and oxygen atoms in total. The molecule has 1 atom stereocenters. The van der Waals surface area contributed by atoms with Gasteiger partial charge in [-0.25, -0.2) is 4.98 Å². The van der Waals surface area contributed by atoms with Crippen molar-refractivity contribution in [3.05, 3.63) is 53.1 Å². The fourth-order valence-corrected chi connectivity index (χ4v) is 2.69. The van der Waals surface area contributed by atoms with Gasteiger partial charge < -0.3 is 9.67 Å². The van der Waals surface area contributed by atoms with Gasteiger partial charge in [0, 0.05) is 18.3 Å². The summed E-state index contributed by atoms with van der Waals surface area (Å²) in [7, 11) is 0. The van der Waals surface area contributed by atoms with E-state index in [1.807, 2.05) is 10.8 Å². The SMILES string of the molecule is Cc1ccccc1Cc1ncc2n1C(O)CCC2. The first-order valence-corrected chi connectivity index (χ1v) is 6.53. The minimum atomic E-state index is -0.393. The standard InChI is InChI=1S/C15H18N2O/c1-11-5-2-3-6-12(11)9-14-16-10-13-7-4-8-15(18)17(13)14/h2-3,5-6,10,15,18H,4,7-9H2,1H3. The molecule has 1 unspecified atom stereocenters. The molecule has 0 spiro atoms. The Bertz CT molecular complexity index is 559. The second-order valence-corrected chi connectivity index (χ2v) is 5.01. The van der Waals surface area contributed by atoms with Gasteiger partial charge >= 0.3 is 0 Å². The Hall–Kier alpha value is -1.61. The molecule has 1 aromatic heterocycles. The van der Waals surface area contributed by atoms with Crippen LogP contribution in [0, 0.1) is 6.92 Å². The second-order valence-electron chi connectivity index (χ2n) is 5.01. The maximum Gasteiger partial charge on any atom is 0.132 e. The summed E-state index contributed by atoms with van der Waals surface area (Å²) in [4.78, 5) is 4.49. The van der Waals surface area contributed by atoms with Gasteiger partial charge in [0.1, 0.15) is 12.1 Å². The van der Waals surface area contributed by atoms with Crippen molar-refractivity contribution < 1.29 is 5.11 Å². The van der Waals surface area contributed by atoms with Crippen LogP contribution in [0.2, 0.25) is 0 Å². The van der Waals surface area contributed by atoms with Gasteiger partial charge in [0.2, 0.25) is 0 Å². The average Bonchev–Trinajstić information content (AvgIpc) is 2.77. The first-order valence-electron chi connectivity index (χ1n) is 6.53. The van der Waals surface area contributed by atoms with Crippen LogP contribution in [0.15, 0.2) is 30.5 Å². The summed E-state index contributed by atoms with van der Waals surface area (Å²) in [6, 6.07) is 8.35. The number of aromatic nitrogens is 2. The lowest BCUT2D eigenvalue weighted by Gasteiger charge is -2.23. The molecule has 0 amide bonds. The lowest BCUT2D eigenvalue weighted by molar-refractivity contribution is 0.0762. The predicted octanol–water partition coefficient (Wildman–Crippen LogP) is 2.61. The summed E-state index contributed by atoms with van der Waals surface area (Å²) in [5.41, 5.74) is 3.72. The largest absolute Gasteiger partial charge is 0.373 e. The molecule has 1 N–H and O–H groups in total. The topological polar surface area (TPSA) is 38.0 Å². The Kier molecular flexibility index (Phi) is 2.92. The van der Waals surface area contributed by atoms with Gasteiger partial charge in [0.25, 0.3) is 0 Å². The Labute approximate surface area is 107 Å². The molecule has 3 heteroatoms. The van der Waals surface area contributed by atoms with E-state index >= 15 is 0 Å². The molecule has 0 saturated carbocycles. The van der Waals surface area contributed by atoms with Gasteiger partial charge in [0.15, 0.2) is 0 Å². The molecule has 94 valence electrons. The van der Waals surface area contributed by atoms with Crippen molar-refractivity contribution in [2.24, 2.45) is 0 Å². The number of aliphatic hydroxyl groups excluding tert-OH is 1. The molecule has 0 radical (unpaired) electrons. The quantitative estimate of drug-likeness (QED) is 0.879. The second kappa shape index (κ2) is 4.58. The van der Waals surface area contributed by atoms with Crippen molar-refractivity contribution in [2.75, 3.05) is 0 Å². The van der Waals surface area contributed by atoms with Crippen LogP contribution in [0.25, 0.3) is 0 Å². The highest BCUT2D eigenvalue weighted by Gasteiger charge is 2.21. The van der Waals surface area contributed by atoms with Crippen molar-refractivity contribution >= 4 is 0 Å². The summed E-state index contributed by atoms with van der Waals surface area (Å²) in [5.74, 6) is 0.978. The van der Waals surface area contributed by atoms with Crippen LogP contribution in [0.5, 0.6) is 0 Å². The van der Waals surface area contributed by atoms with Crippen LogP contribution < -0.4 is 0 Å². The number of fused-ring (bicyclic) bond motifs is 1. The van der Waals surface area contributed by atoms with E-state index in [0.717, 1.165) is 37.2 Å². The monoisotopic (exact) mass is 242 g/mol. The van der Waals surface area contributed by atoms with Crippen LogP contribution in [0.1, 0.15) is 41.7 Å². The summed E-state index contributed by atoms with van der Waals surface area (Å²) in [6.07, 6.45) is 5.23. The molecule has 1 aliphatic rings. The maximum absolute atomic E-state index is 10.1. The first kappa shape index (κ1) is 11.5. The predicted molar refractivity (Wildman–Crippen MR) is 70.4 cm³/mol. The van der Waals surface area contributed by atoms with Crippen LogP contribution >= 0.6 is 0 Å². The minimum Gasteiger partial charge on any atom is -0.373 e. The fraction of sp³-hybridized carbons (Fsp3) is 0.400. The van der Waals surface area contributed by atoms with Crippen molar-refractivity contribution in [1.82, 2.24) is 9.55 Å². The number of nitrogens with zero attached hydrogens (tertiary/aromatic N) is 2. The lowest BCUT2D eigenvalue weighted by Crippen LogP contribution is -2.19. The lowest BCUT2D eigenvalue weighted by atomic mass is 10.0. The van der Waals surface area contributed by atoms with Crippen molar-refractivity contribution in [3.63, 3.8) is 0 Å². The molecular formula is C15H18N2O. The zero-order valence-electron chi connectivity index (χ0n) is 10.6. The highest BCUT2D eigenvalue weighted by atomic mass is 16.3. The number of benzene rings is 1. The zero-order chi connectivity index (χ0) is 12.5. The summed E-state index contributed by atoms with van der Waals surface area (Å²) in [5, 5.41) is 10.1. The van der Waals surface area contributed by atoms with Crippen LogP contribution in [-0.2, 0) is 12.8 Å². The molecule has 1 aliphatic heterocycles. The van der Waals surface area contributed by atoms with Gasteiger partial charge in [-0.2, -0.15) is 0 Å². The van der Waals surface area contributed by atoms with Crippen LogP contribution in [-0.4, -0.2) is 14.7 Å². The molecule has 2 heterocycles. The number of aryl methyl sites for hydroxylation is 2. The Balaban J connectivity index is 1.95. The van der Waals surface area contributed by atoms with E-state index in [1.54, 1.807) is 0 Å². The van der Waals surface area contributed by atoms with Gasteiger partial charge in [-0.15, -0.1) is 0 Å². The minimum absolute atomic E-state index is 0.393. The number of hydrogen-bond acceptors (Lipinski definition) is 2. The van der Waals surface area contributed by atoms with Crippen LogP contribution in [0.3, 0.4) is 0 Å². The normalized spacial score (nSPS) is 18.7. The third-order valence-electron chi connectivity index (χ3n) is 3.75. The Morgan fingerprint density at radius 1 is 1.39 bits per heavy atom. The van der Waals surface area contributed by atoms with E-state index in [1.165, 1.54) is 11.1 Å². The van der Waals surface area contributed by atoms with E-state index in [0.29, 0.717) is 0 Å². The van der Waals surface area contributed by atoms with E-state index in [4.69, 9.17) is 0 Å². The highest BCUT2D eigenvalue weighted by Crippen LogP contribution is 2.26. The average molecular weight is 242 g/mol. The van der Waals surface area contributed by atoms with Crippen LogP contribution in [0.4, 0.5) is 0 Å². The molecule has 0 bridgehead atoms. The molecule has 0 fully saturated rings. The van der Waals surface area contributed by atoms with E-state index in [-0.39, 0.29) is 0 Å². The van der Waals surface area contributed by atoms with E-state index in [2.05, 4.69) is 36.2 Å². The summed E-state index contributed by atoms with van der Waals surface area (Å²) < 4.78 is 2.01. The van der Waals surface area contributed by atoms with Gasteiger partial charge in [-0.1, -0.05) is 24.3 Å². The maximum atomic E-state index is 10.1. The molecule has 3 rings (SSSR count). The number of rotatable bonds is 2. The number of aliphatic hydroxyl groups is 1. The molecule has 18 heavy (non-hydrogen) atoms. The molecule has 0 aliphatic carbocycles. The number of imidazole rings is 1. The number of hydrogen-bond donors (Lipinski definition) is 1. The first-order chi connectivity index (χ1) is 8.75. The Morgan fingerprint density at radius 2 is 2.22 bits per heavy atom.